The zero-order valence-corrected chi connectivity index (χ0v) is 47.2. The number of carbonyl (C=O) groups excluding carboxylic acids is 4. The van der Waals surface area contributed by atoms with Crippen molar-refractivity contribution in [2.45, 2.75) is 128 Å². The zero-order chi connectivity index (χ0) is 59.3. The van der Waals surface area contributed by atoms with Crippen LogP contribution in [0.5, 0.6) is 0 Å². The summed E-state index contributed by atoms with van der Waals surface area (Å²) in [5.41, 5.74) is 8.78. The lowest BCUT2D eigenvalue weighted by Gasteiger charge is -2.46. The normalized spacial score (nSPS) is 17.4. The van der Waals surface area contributed by atoms with Crippen LogP contribution < -0.4 is 5.73 Å². The van der Waals surface area contributed by atoms with E-state index in [4.69, 9.17) is 15.2 Å². The van der Waals surface area contributed by atoms with Gasteiger partial charge in [0.1, 0.15) is 46.6 Å². The highest BCUT2D eigenvalue weighted by molar-refractivity contribution is 5.88. The van der Waals surface area contributed by atoms with Crippen molar-refractivity contribution < 1.29 is 56.4 Å². The molecule has 82 heavy (non-hydrogen) atoms. The summed E-state index contributed by atoms with van der Waals surface area (Å²) in [6.07, 6.45) is -4.52. The molecule has 8 rings (SSSR count). The number of carbonyl (C=O) groups is 4. The van der Waals surface area contributed by atoms with E-state index in [0.29, 0.717) is 31.7 Å². The number of nitrogens with zero attached hydrogens (tertiary/aromatic N) is 5. The lowest BCUT2D eigenvalue weighted by Crippen LogP contribution is -2.66. The molecule has 2 aliphatic rings. The lowest BCUT2D eigenvalue weighted by atomic mass is 9.91. The lowest BCUT2D eigenvalue weighted by molar-refractivity contribution is -0.150. The first-order valence-corrected chi connectivity index (χ1v) is 27.4. The summed E-state index contributed by atoms with van der Waals surface area (Å²) in [4.78, 5) is 62.2. The number of hydrogen-bond acceptors (Lipinski definition) is 10. The van der Waals surface area contributed by atoms with Crippen molar-refractivity contribution in [1.82, 2.24) is 24.5 Å². The van der Waals surface area contributed by atoms with E-state index in [-0.39, 0.29) is 44.6 Å². The number of hydrogen-bond donors (Lipinski definition) is 3. The largest absolute Gasteiger partial charge is 0.444 e. The van der Waals surface area contributed by atoms with Gasteiger partial charge in [0, 0.05) is 76.6 Å². The van der Waals surface area contributed by atoms with Crippen LogP contribution in [0.1, 0.15) is 74.9 Å². The Morgan fingerprint density at radius 3 is 1.20 bits per heavy atom. The Balaban J connectivity index is 0.000000251. The molecule has 4 N–H and O–H groups in total. The van der Waals surface area contributed by atoms with E-state index in [0.717, 1.165) is 46.5 Å². The van der Waals surface area contributed by atoms with Crippen molar-refractivity contribution >= 4 is 24.0 Å². The van der Waals surface area contributed by atoms with E-state index in [1.165, 1.54) is 21.9 Å². The number of piperazine rings is 2. The summed E-state index contributed by atoms with van der Waals surface area (Å²) in [5.74, 6) is -3.93. The smallest absolute Gasteiger partial charge is 0.411 e. The second-order valence-electron chi connectivity index (χ2n) is 22.8. The summed E-state index contributed by atoms with van der Waals surface area (Å²) < 4.78 is 67.5. The van der Waals surface area contributed by atoms with Crippen molar-refractivity contribution in [1.29, 1.82) is 0 Å². The minimum absolute atomic E-state index is 0.000136. The summed E-state index contributed by atoms with van der Waals surface area (Å²) in [7, 11) is 0. The Morgan fingerprint density at radius 2 is 0.841 bits per heavy atom. The molecule has 0 bridgehead atoms. The van der Waals surface area contributed by atoms with Crippen LogP contribution in [0.25, 0.3) is 0 Å². The predicted octanol–water partition coefficient (Wildman–Crippen LogP) is 9.43. The van der Waals surface area contributed by atoms with Gasteiger partial charge in [-0.2, -0.15) is 0 Å². The van der Waals surface area contributed by atoms with Crippen LogP contribution in [-0.2, 0) is 58.1 Å². The Kier molecular flexibility index (Phi) is 21.1. The Bertz CT molecular complexity index is 2980. The summed E-state index contributed by atoms with van der Waals surface area (Å²) in [5, 5.41) is 23.6. The molecular formula is C64H74F4N6O8. The number of amides is 4. The SMILES string of the molecule is CC(C)(C)OC(=O)N1CCN(Cc2ccccc2)C(=O)[C@@H]1[C@@H](O)C(Cc1cc(F)cc(F)c1)N(Cc1ccccc1)Cc1ccccc1.CC(C)(C)OC(=O)N1CCN(Cc2ccccc2)C(=O)[C@@H]1[C@@H](O)C(N)Cc1cc(F)cc(F)c1. The van der Waals surface area contributed by atoms with Crippen LogP contribution >= 0.6 is 0 Å². The van der Waals surface area contributed by atoms with Crippen LogP contribution in [0.2, 0.25) is 0 Å². The van der Waals surface area contributed by atoms with Crippen molar-refractivity contribution in [3.05, 3.63) is 214 Å². The standard InChI is InChI=1S/C39H43F2N3O4.C25H31F2N3O4/c1-39(2,3)48-38(47)44-20-19-42(25-28-13-7-4-8-14-28)37(46)35(44)36(45)34(23-31-21-32(40)24-33(41)22-31)43(26-29-15-9-5-10-16-29)27-30-17-11-6-12-18-30;1-25(2,3)34-24(33)30-10-9-29(15-16-7-5-4-6-8-16)23(32)21(30)22(31)20(28)13-17-11-18(26)14-19(27)12-17/h4-18,21-22,24,34-36,45H,19-20,23,25-27H2,1-3H3;4-8,11-12,14,20-22,31H,9-10,13,15,28H2,1-3H3/t34?,35-,36-;20?,21-,22-/m00/s1. The molecule has 2 saturated heterocycles. The maximum atomic E-state index is 14.5. The van der Waals surface area contributed by atoms with Crippen molar-refractivity contribution in [2.75, 3.05) is 26.2 Å². The van der Waals surface area contributed by atoms with Gasteiger partial charge in [-0.25, -0.2) is 27.2 Å². The topological polar surface area (TPSA) is 169 Å². The fourth-order valence-corrected chi connectivity index (χ4v) is 10.2. The number of halogens is 4. The Hall–Kier alpha value is -7.64. The van der Waals surface area contributed by atoms with Gasteiger partial charge in [-0.3, -0.25) is 24.3 Å². The molecule has 0 spiro atoms. The fraction of sp³-hybridized carbons (Fsp3) is 0.375. The maximum Gasteiger partial charge on any atom is 0.411 e. The Morgan fingerprint density at radius 1 is 0.512 bits per heavy atom. The van der Waals surface area contributed by atoms with E-state index >= 15 is 0 Å². The molecule has 2 aliphatic heterocycles. The first-order chi connectivity index (χ1) is 38.9. The second-order valence-corrected chi connectivity index (χ2v) is 22.8. The molecule has 2 fully saturated rings. The minimum Gasteiger partial charge on any atom is -0.444 e. The molecule has 0 aliphatic carbocycles. The average Bonchev–Trinajstić information content (AvgIpc) is 3.57. The van der Waals surface area contributed by atoms with Crippen LogP contribution in [0.4, 0.5) is 27.2 Å². The molecule has 18 heteroatoms. The first kappa shape index (κ1) is 62.0. The molecule has 14 nitrogen and oxygen atoms in total. The number of aliphatic hydroxyl groups excluding tert-OH is 2. The molecule has 2 heterocycles. The van der Waals surface area contributed by atoms with E-state index in [1.807, 2.05) is 126 Å². The quantitative estimate of drug-likeness (QED) is 0.0749. The zero-order valence-electron chi connectivity index (χ0n) is 47.2. The van der Waals surface area contributed by atoms with Crippen molar-refractivity contribution in [3.8, 4) is 0 Å². The van der Waals surface area contributed by atoms with Gasteiger partial charge in [0.05, 0.1) is 12.2 Å². The molecule has 6 aromatic rings. The van der Waals surface area contributed by atoms with Gasteiger partial charge in [0.2, 0.25) is 11.8 Å². The monoisotopic (exact) mass is 1130 g/mol. The summed E-state index contributed by atoms with van der Waals surface area (Å²) >= 11 is 0. The summed E-state index contributed by atoms with van der Waals surface area (Å²) in [6, 6.07) is 39.9. The van der Waals surface area contributed by atoms with E-state index in [9.17, 15) is 47.0 Å². The first-order valence-electron chi connectivity index (χ1n) is 27.4. The average molecular weight is 1130 g/mol. The van der Waals surface area contributed by atoms with E-state index in [1.54, 1.807) is 51.3 Å². The highest BCUT2D eigenvalue weighted by Crippen LogP contribution is 2.29. The number of nitrogens with two attached hydrogens (primary N) is 1. The number of aliphatic hydroxyl groups is 2. The number of benzene rings is 6. The molecule has 2 unspecified atom stereocenters. The van der Waals surface area contributed by atoms with Gasteiger partial charge in [-0.1, -0.05) is 121 Å². The van der Waals surface area contributed by atoms with Gasteiger partial charge in [-0.15, -0.1) is 0 Å². The third kappa shape index (κ3) is 17.7. The van der Waals surface area contributed by atoms with E-state index in [2.05, 4.69) is 0 Å². The molecule has 0 aromatic heterocycles. The van der Waals surface area contributed by atoms with Gasteiger partial charge in [0.25, 0.3) is 0 Å². The molecule has 436 valence electrons. The molecule has 6 aromatic carbocycles. The van der Waals surface area contributed by atoms with Crippen molar-refractivity contribution in [3.63, 3.8) is 0 Å². The molecule has 0 saturated carbocycles. The van der Waals surface area contributed by atoms with Gasteiger partial charge >= 0.3 is 12.2 Å². The summed E-state index contributed by atoms with van der Waals surface area (Å²) in [6.45, 7) is 12.4. The van der Waals surface area contributed by atoms with Crippen LogP contribution in [-0.4, -0.2) is 132 Å². The number of ether oxygens (including phenoxy) is 2. The van der Waals surface area contributed by atoms with Gasteiger partial charge in [0.15, 0.2) is 0 Å². The highest BCUT2D eigenvalue weighted by atomic mass is 19.1. The maximum absolute atomic E-state index is 14.5. The van der Waals surface area contributed by atoms with E-state index < -0.39 is 94.8 Å². The highest BCUT2D eigenvalue weighted by Gasteiger charge is 2.48. The molecule has 0 radical (unpaired) electrons. The molecular weight excluding hydrogens is 1060 g/mol. The predicted molar refractivity (Wildman–Crippen MR) is 303 cm³/mol. The van der Waals surface area contributed by atoms with Crippen molar-refractivity contribution in [2.24, 2.45) is 5.73 Å². The third-order valence-electron chi connectivity index (χ3n) is 13.9. The van der Waals surface area contributed by atoms with Crippen LogP contribution in [0, 0.1) is 23.3 Å². The molecule has 4 amide bonds. The third-order valence-corrected chi connectivity index (χ3v) is 13.9. The van der Waals surface area contributed by atoms with Crippen LogP contribution in [0.3, 0.4) is 0 Å². The fourth-order valence-electron chi connectivity index (χ4n) is 10.2. The van der Waals surface area contributed by atoms with Gasteiger partial charge in [-0.05, 0) is 112 Å². The molecule has 6 atom stereocenters. The van der Waals surface area contributed by atoms with Crippen LogP contribution in [0.15, 0.2) is 158 Å². The Labute approximate surface area is 477 Å². The minimum atomic E-state index is -1.50. The number of rotatable bonds is 17. The second kappa shape index (κ2) is 27.9. The van der Waals surface area contributed by atoms with Gasteiger partial charge < -0.3 is 35.2 Å².